The highest BCUT2D eigenvalue weighted by molar-refractivity contribution is 6.01. The summed E-state index contributed by atoms with van der Waals surface area (Å²) in [4.78, 5) is 6.27. The van der Waals surface area contributed by atoms with Gasteiger partial charge in [-0.1, -0.05) is 22.9 Å². The molecule has 0 amide bonds. The third kappa shape index (κ3) is 2.71. The summed E-state index contributed by atoms with van der Waals surface area (Å²) >= 11 is 0. The first-order chi connectivity index (χ1) is 9.67. The number of hydrogen-bond acceptors (Lipinski definition) is 4. The number of aromatic nitrogens is 1. The largest absolute Gasteiger partial charge is 0.409 e. The van der Waals surface area contributed by atoms with Gasteiger partial charge in [-0.25, -0.2) is 0 Å². The minimum atomic E-state index is 0.00571. The molecule has 3 N–H and O–H groups in total. The van der Waals surface area contributed by atoms with Crippen molar-refractivity contribution in [3.05, 3.63) is 53.9 Å². The summed E-state index contributed by atoms with van der Waals surface area (Å²) in [5.74, 6) is 0.00571. The van der Waals surface area contributed by atoms with Crippen molar-refractivity contribution in [2.24, 2.45) is 10.9 Å². The Morgan fingerprint density at radius 2 is 2.00 bits per heavy atom. The summed E-state index contributed by atoms with van der Waals surface area (Å²) in [6, 6.07) is 11.9. The van der Waals surface area contributed by atoms with Gasteiger partial charge in [-0.15, -0.1) is 0 Å². The van der Waals surface area contributed by atoms with Crippen LogP contribution in [0.4, 0.5) is 11.4 Å². The fraction of sp³-hybridized carbons (Fsp3) is 0.200. The van der Waals surface area contributed by atoms with Crippen molar-refractivity contribution >= 4 is 17.2 Å². The molecule has 5 heteroatoms. The van der Waals surface area contributed by atoms with Crippen molar-refractivity contribution in [3.8, 4) is 0 Å². The molecule has 0 bridgehead atoms. The lowest BCUT2D eigenvalue weighted by Crippen LogP contribution is -2.23. The van der Waals surface area contributed by atoms with Crippen LogP contribution in [-0.2, 0) is 0 Å². The molecule has 1 aromatic carbocycles. The number of anilines is 2. The highest BCUT2D eigenvalue weighted by Crippen LogP contribution is 2.27. The number of rotatable bonds is 4. The molecule has 2 aromatic rings. The Labute approximate surface area is 118 Å². The molecule has 20 heavy (non-hydrogen) atoms. The highest BCUT2D eigenvalue weighted by atomic mass is 16.4. The van der Waals surface area contributed by atoms with Gasteiger partial charge in [-0.3, -0.25) is 4.98 Å². The highest BCUT2D eigenvalue weighted by Gasteiger charge is 2.15. The average Bonchev–Trinajstić information content (AvgIpc) is 2.49. The van der Waals surface area contributed by atoms with E-state index in [4.69, 9.17) is 10.9 Å². The molecule has 0 saturated carbocycles. The normalized spacial score (nSPS) is 11.4. The maximum atomic E-state index is 8.88. The summed E-state index contributed by atoms with van der Waals surface area (Å²) in [5.41, 5.74) is 9.23. The lowest BCUT2D eigenvalue weighted by atomic mass is 10.2. The molecule has 104 valence electrons. The lowest BCUT2D eigenvalue weighted by Gasteiger charge is -2.25. The smallest absolute Gasteiger partial charge is 0.190 e. The van der Waals surface area contributed by atoms with Crippen molar-refractivity contribution in [3.63, 3.8) is 0 Å². The van der Waals surface area contributed by atoms with Crippen LogP contribution < -0.4 is 10.6 Å². The van der Waals surface area contributed by atoms with Crippen molar-refractivity contribution in [2.75, 3.05) is 11.4 Å². The Hall–Kier alpha value is -2.56. The summed E-state index contributed by atoms with van der Waals surface area (Å²) in [7, 11) is 0. The van der Waals surface area contributed by atoms with E-state index in [0.717, 1.165) is 17.9 Å². The van der Waals surface area contributed by atoms with Crippen molar-refractivity contribution in [2.45, 2.75) is 13.8 Å². The van der Waals surface area contributed by atoms with E-state index in [0.29, 0.717) is 5.69 Å². The molecule has 0 fully saturated rings. The van der Waals surface area contributed by atoms with Crippen LogP contribution in [0, 0.1) is 6.92 Å². The summed E-state index contributed by atoms with van der Waals surface area (Å²) < 4.78 is 0. The van der Waals surface area contributed by atoms with Crippen molar-refractivity contribution < 1.29 is 5.21 Å². The second-order valence-corrected chi connectivity index (χ2v) is 4.44. The van der Waals surface area contributed by atoms with Crippen molar-refractivity contribution in [1.82, 2.24) is 4.98 Å². The van der Waals surface area contributed by atoms with Crippen LogP contribution in [0.1, 0.15) is 18.2 Å². The van der Waals surface area contributed by atoms with Crippen molar-refractivity contribution in [1.29, 1.82) is 0 Å². The van der Waals surface area contributed by atoms with Gasteiger partial charge in [0.2, 0.25) is 0 Å². The molecule has 2 rings (SSSR count). The Bertz CT molecular complexity index is 608. The Balaban J connectivity index is 2.50. The minimum absolute atomic E-state index is 0.00571. The van der Waals surface area contributed by atoms with Crippen LogP contribution in [0.3, 0.4) is 0 Å². The van der Waals surface area contributed by atoms with E-state index in [1.165, 1.54) is 5.56 Å². The molecule has 5 nitrogen and oxygen atoms in total. The van der Waals surface area contributed by atoms with E-state index in [-0.39, 0.29) is 5.84 Å². The number of amidine groups is 1. The molecule has 0 aliphatic rings. The first-order valence-corrected chi connectivity index (χ1v) is 6.44. The molecule has 0 saturated heterocycles. The second kappa shape index (κ2) is 6.06. The van der Waals surface area contributed by atoms with E-state index < -0.39 is 0 Å². The van der Waals surface area contributed by atoms with Crippen LogP contribution in [0.15, 0.2) is 47.8 Å². The van der Waals surface area contributed by atoms with Gasteiger partial charge in [0.15, 0.2) is 5.84 Å². The lowest BCUT2D eigenvalue weighted by molar-refractivity contribution is 0.318. The number of benzene rings is 1. The van der Waals surface area contributed by atoms with E-state index in [2.05, 4.69) is 27.2 Å². The molecule has 0 unspecified atom stereocenters. The van der Waals surface area contributed by atoms with Gasteiger partial charge in [0, 0.05) is 18.4 Å². The Morgan fingerprint density at radius 1 is 1.30 bits per heavy atom. The van der Waals surface area contributed by atoms with Gasteiger partial charge in [-0.2, -0.15) is 0 Å². The van der Waals surface area contributed by atoms with Crippen LogP contribution in [0.5, 0.6) is 0 Å². The van der Waals surface area contributed by atoms with Gasteiger partial charge in [0.05, 0.1) is 5.69 Å². The van der Waals surface area contributed by atoms with Gasteiger partial charge in [0.1, 0.15) is 5.69 Å². The predicted octanol–water partition coefficient (Wildman–Crippen LogP) is 2.64. The van der Waals surface area contributed by atoms with E-state index in [9.17, 15) is 0 Å². The van der Waals surface area contributed by atoms with Crippen LogP contribution in [-0.4, -0.2) is 22.6 Å². The van der Waals surface area contributed by atoms with E-state index in [1.807, 2.05) is 38.1 Å². The molecule has 0 aliphatic carbocycles. The van der Waals surface area contributed by atoms with Crippen LogP contribution in [0.2, 0.25) is 0 Å². The monoisotopic (exact) mass is 270 g/mol. The third-order valence-electron chi connectivity index (χ3n) is 3.09. The van der Waals surface area contributed by atoms with Gasteiger partial charge < -0.3 is 15.8 Å². The molecule has 0 spiro atoms. The number of nitrogens with two attached hydrogens (primary N) is 1. The first-order valence-electron chi connectivity index (χ1n) is 6.44. The summed E-state index contributed by atoms with van der Waals surface area (Å²) in [6.07, 6.45) is 1.62. The zero-order chi connectivity index (χ0) is 14.5. The number of hydrogen-bond donors (Lipinski definition) is 2. The standard InChI is InChI=1S/C15H18N4O/c1-3-19(12-8-6-11(2)7-9-12)13-5-4-10-17-14(13)15(16)18-20/h4-10,20H,3H2,1-2H3,(H2,16,18). The maximum absolute atomic E-state index is 8.88. The fourth-order valence-corrected chi connectivity index (χ4v) is 2.08. The molecular weight excluding hydrogens is 252 g/mol. The van der Waals surface area contributed by atoms with E-state index in [1.54, 1.807) is 6.20 Å². The zero-order valence-corrected chi connectivity index (χ0v) is 11.6. The van der Waals surface area contributed by atoms with Crippen LogP contribution >= 0.6 is 0 Å². The molecule has 1 aromatic heterocycles. The Kier molecular flexibility index (Phi) is 4.20. The number of nitrogens with zero attached hydrogens (tertiary/aromatic N) is 3. The molecule has 1 heterocycles. The Morgan fingerprint density at radius 3 is 2.60 bits per heavy atom. The second-order valence-electron chi connectivity index (χ2n) is 4.44. The minimum Gasteiger partial charge on any atom is -0.409 e. The molecule has 0 atom stereocenters. The van der Waals surface area contributed by atoms with Gasteiger partial charge in [0.25, 0.3) is 0 Å². The molecule has 0 radical (unpaired) electrons. The SMILES string of the molecule is CCN(c1ccc(C)cc1)c1cccnc1/C(N)=N/O. The fourth-order valence-electron chi connectivity index (χ4n) is 2.08. The number of oxime groups is 1. The molecular formula is C15H18N4O. The zero-order valence-electron chi connectivity index (χ0n) is 11.6. The maximum Gasteiger partial charge on any atom is 0.190 e. The molecule has 0 aliphatic heterocycles. The quantitative estimate of drug-likeness (QED) is 0.387. The first kappa shape index (κ1) is 13.9. The van der Waals surface area contributed by atoms with Crippen LogP contribution in [0.25, 0.3) is 0 Å². The average molecular weight is 270 g/mol. The van der Waals surface area contributed by atoms with E-state index >= 15 is 0 Å². The number of pyridine rings is 1. The predicted molar refractivity (Wildman–Crippen MR) is 80.6 cm³/mol. The van der Waals surface area contributed by atoms with Gasteiger partial charge >= 0.3 is 0 Å². The number of aryl methyl sites for hydroxylation is 1. The summed E-state index contributed by atoms with van der Waals surface area (Å²) in [5, 5.41) is 11.9. The third-order valence-corrected chi connectivity index (χ3v) is 3.09. The van der Waals surface area contributed by atoms with Gasteiger partial charge in [-0.05, 0) is 38.1 Å². The topological polar surface area (TPSA) is 74.7 Å². The summed E-state index contributed by atoms with van der Waals surface area (Å²) in [6.45, 7) is 4.84.